The van der Waals surface area contributed by atoms with Gasteiger partial charge in [0.2, 0.25) is 0 Å². The van der Waals surface area contributed by atoms with Crippen LogP contribution in [0.5, 0.6) is 5.75 Å². The van der Waals surface area contributed by atoms with Crippen molar-refractivity contribution < 1.29 is 4.74 Å². The second-order valence-corrected chi connectivity index (χ2v) is 4.87. The molecule has 0 bridgehead atoms. The predicted octanol–water partition coefficient (Wildman–Crippen LogP) is 2.81. The molecule has 0 fully saturated rings. The summed E-state index contributed by atoms with van der Waals surface area (Å²) in [5.41, 5.74) is 2.52. The zero-order valence-electron chi connectivity index (χ0n) is 11.5. The molecule has 0 saturated carbocycles. The number of benzene rings is 1. The monoisotopic (exact) mass is 248 g/mol. The first-order chi connectivity index (χ1) is 8.83. The predicted molar refractivity (Wildman–Crippen MR) is 76.5 cm³/mol. The minimum atomic E-state index is 0.576. The molecule has 0 spiro atoms. The molecule has 1 aromatic rings. The Kier molecular flexibility index (Phi) is 4.88. The smallest absolute Gasteiger partial charge is 0.142 e. The summed E-state index contributed by atoms with van der Waals surface area (Å²) in [6.45, 7) is 7.22. The summed E-state index contributed by atoms with van der Waals surface area (Å²) in [6, 6.07) is 7.07. The first-order valence-electron chi connectivity index (χ1n) is 7.06. The van der Waals surface area contributed by atoms with Gasteiger partial charge in [0.1, 0.15) is 12.4 Å². The second kappa shape index (κ2) is 6.64. The third-order valence-electron chi connectivity index (χ3n) is 3.38. The van der Waals surface area contributed by atoms with Crippen molar-refractivity contribution in [2.75, 3.05) is 25.0 Å². The van der Waals surface area contributed by atoms with E-state index in [4.69, 9.17) is 4.74 Å². The van der Waals surface area contributed by atoms with Crippen LogP contribution in [0.2, 0.25) is 0 Å². The van der Waals surface area contributed by atoms with Gasteiger partial charge in [0.25, 0.3) is 0 Å². The molecular weight excluding hydrogens is 224 g/mol. The molecule has 1 aliphatic rings. The molecule has 1 atom stereocenters. The molecule has 0 aromatic heterocycles. The van der Waals surface area contributed by atoms with Crippen LogP contribution >= 0.6 is 0 Å². The van der Waals surface area contributed by atoms with Crippen molar-refractivity contribution in [2.24, 2.45) is 0 Å². The zero-order chi connectivity index (χ0) is 12.8. The number of hydrogen-bond acceptors (Lipinski definition) is 3. The van der Waals surface area contributed by atoms with Crippen molar-refractivity contribution in [3.63, 3.8) is 0 Å². The van der Waals surface area contributed by atoms with Crippen LogP contribution in [-0.2, 0) is 6.42 Å². The van der Waals surface area contributed by atoms with Crippen LogP contribution in [0.25, 0.3) is 0 Å². The van der Waals surface area contributed by atoms with E-state index in [-0.39, 0.29) is 0 Å². The summed E-state index contributed by atoms with van der Waals surface area (Å²) in [4.78, 5) is 0. The van der Waals surface area contributed by atoms with Gasteiger partial charge in [0, 0.05) is 12.6 Å². The standard InChI is InChI=1S/C15H24N2O/c1-3-7-16-13(4-2)10-12-5-6-15-14(11-12)17-8-9-18-15/h5-6,11,13,16-17H,3-4,7-10H2,1-2H3. The molecule has 0 aliphatic carbocycles. The number of fused-ring (bicyclic) bond motifs is 1. The lowest BCUT2D eigenvalue weighted by molar-refractivity contribution is 0.323. The van der Waals surface area contributed by atoms with Crippen LogP contribution in [0.4, 0.5) is 5.69 Å². The van der Waals surface area contributed by atoms with Crippen molar-refractivity contribution in [1.82, 2.24) is 5.32 Å². The first kappa shape index (κ1) is 13.2. The quantitative estimate of drug-likeness (QED) is 0.812. The van der Waals surface area contributed by atoms with E-state index in [0.29, 0.717) is 6.04 Å². The van der Waals surface area contributed by atoms with Gasteiger partial charge in [-0.1, -0.05) is 19.9 Å². The normalized spacial score (nSPS) is 15.4. The molecule has 0 saturated heterocycles. The fourth-order valence-corrected chi connectivity index (χ4v) is 2.31. The fraction of sp³-hybridized carbons (Fsp3) is 0.600. The largest absolute Gasteiger partial charge is 0.490 e. The van der Waals surface area contributed by atoms with E-state index in [9.17, 15) is 0 Å². The Hall–Kier alpha value is -1.22. The molecule has 100 valence electrons. The Morgan fingerprint density at radius 2 is 2.28 bits per heavy atom. The third kappa shape index (κ3) is 3.39. The minimum absolute atomic E-state index is 0.576. The highest BCUT2D eigenvalue weighted by Crippen LogP contribution is 2.28. The van der Waals surface area contributed by atoms with Gasteiger partial charge in [-0.3, -0.25) is 0 Å². The van der Waals surface area contributed by atoms with Crippen LogP contribution in [-0.4, -0.2) is 25.7 Å². The number of rotatable bonds is 6. The summed E-state index contributed by atoms with van der Waals surface area (Å²) in [5, 5.41) is 6.99. The minimum Gasteiger partial charge on any atom is -0.490 e. The van der Waals surface area contributed by atoms with Gasteiger partial charge < -0.3 is 15.4 Å². The van der Waals surface area contributed by atoms with Crippen molar-refractivity contribution in [2.45, 2.75) is 39.2 Å². The molecule has 1 aliphatic heterocycles. The SMILES string of the molecule is CCCNC(CC)Cc1ccc2c(c1)NCCO2. The van der Waals surface area contributed by atoms with Crippen LogP contribution in [0, 0.1) is 0 Å². The molecule has 2 rings (SSSR count). The van der Waals surface area contributed by atoms with Gasteiger partial charge >= 0.3 is 0 Å². The van der Waals surface area contributed by atoms with E-state index < -0.39 is 0 Å². The van der Waals surface area contributed by atoms with Gasteiger partial charge in [-0.15, -0.1) is 0 Å². The van der Waals surface area contributed by atoms with Crippen molar-refractivity contribution >= 4 is 5.69 Å². The number of nitrogens with one attached hydrogen (secondary N) is 2. The highest BCUT2D eigenvalue weighted by molar-refractivity contribution is 5.59. The highest BCUT2D eigenvalue weighted by atomic mass is 16.5. The Morgan fingerprint density at radius 1 is 1.39 bits per heavy atom. The maximum absolute atomic E-state index is 5.60. The van der Waals surface area contributed by atoms with Crippen LogP contribution < -0.4 is 15.4 Å². The fourth-order valence-electron chi connectivity index (χ4n) is 2.31. The lowest BCUT2D eigenvalue weighted by Gasteiger charge is -2.21. The van der Waals surface area contributed by atoms with Gasteiger partial charge in [0.15, 0.2) is 0 Å². The third-order valence-corrected chi connectivity index (χ3v) is 3.38. The second-order valence-electron chi connectivity index (χ2n) is 4.87. The van der Waals surface area contributed by atoms with Crippen LogP contribution in [0.1, 0.15) is 32.3 Å². The summed E-state index contributed by atoms with van der Waals surface area (Å²) >= 11 is 0. The van der Waals surface area contributed by atoms with Crippen molar-refractivity contribution in [1.29, 1.82) is 0 Å². The summed E-state index contributed by atoms with van der Waals surface area (Å²) in [5.74, 6) is 0.986. The van der Waals surface area contributed by atoms with Gasteiger partial charge in [0.05, 0.1) is 5.69 Å². The van der Waals surface area contributed by atoms with E-state index in [1.54, 1.807) is 0 Å². The van der Waals surface area contributed by atoms with Gasteiger partial charge in [-0.25, -0.2) is 0 Å². The summed E-state index contributed by atoms with van der Waals surface area (Å²) in [7, 11) is 0. The molecule has 1 heterocycles. The first-order valence-corrected chi connectivity index (χ1v) is 7.06. The Morgan fingerprint density at radius 3 is 3.06 bits per heavy atom. The maximum Gasteiger partial charge on any atom is 0.142 e. The van der Waals surface area contributed by atoms with Crippen LogP contribution in [0.15, 0.2) is 18.2 Å². The average Bonchev–Trinajstić information content (AvgIpc) is 2.43. The molecule has 2 N–H and O–H groups in total. The molecule has 3 heteroatoms. The van der Waals surface area contributed by atoms with Gasteiger partial charge in [-0.05, 0) is 43.5 Å². The maximum atomic E-state index is 5.60. The lowest BCUT2D eigenvalue weighted by atomic mass is 10.0. The molecule has 3 nitrogen and oxygen atoms in total. The van der Waals surface area contributed by atoms with Crippen molar-refractivity contribution in [3.05, 3.63) is 23.8 Å². The Balaban J connectivity index is 1.99. The topological polar surface area (TPSA) is 33.3 Å². The molecule has 1 aromatic carbocycles. The summed E-state index contributed by atoms with van der Waals surface area (Å²) in [6.07, 6.45) is 3.45. The van der Waals surface area contributed by atoms with E-state index in [2.05, 4.69) is 42.7 Å². The number of anilines is 1. The highest BCUT2D eigenvalue weighted by Gasteiger charge is 2.12. The van der Waals surface area contributed by atoms with Crippen LogP contribution in [0.3, 0.4) is 0 Å². The van der Waals surface area contributed by atoms with E-state index >= 15 is 0 Å². The van der Waals surface area contributed by atoms with E-state index in [0.717, 1.165) is 37.6 Å². The Bertz CT molecular complexity index is 379. The average molecular weight is 248 g/mol. The van der Waals surface area contributed by atoms with Gasteiger partial charge in [-0.2, -0.15) is 0 Å². The number of ether oxygens (including phenoxy) is 1. The molecule has 1 unspecified atom stereocenters. The van der Waals surface area contributed by atoms with E-state index in [1.165, 1.54) is 18.4 Å². The number of hydrogen-bond donors (Lipinski definition) is 2. The van der Waals surface area contributed by atoms with E-state index in [1.807, 2.05) is 0 Å². The van der Waals surface area contributed by atoms with Crippen molar-refractivity contribution in [3.8, 4) is 5.75 Å². The summed E-state index contributed by atoms with van der Waals surface area (Å²) < 4.78 is 5.60. The Labute approximate surface area is 110 Å². The molecular formula is C15H24N2O. The lowest BCUT2D eigenvalue weighted by Crippen LogP contribution is -2.31. The zero-order valence-corrected chi connectivity index (χ0v) is 11.5. The molecule has 0 amide bonds. The molecule has 0 radical (unpaired) electrons. The molecule has 18 heavy (non-hydrogen) atoms.